The molecule has 1 aromatic carbocycles. The van der Waals surface area contributed by atoms with E-state index in [0.717, 1.165) is 11.3 Å². The second-order valence-corrected chi connectivity index (χ2v) is 6.69. The van der Waals surface area contributed by atoms with E-state index in [1.807, 2.05) is 47.0 Å². The van der Waals surface area contributed by atoms with Gasteiger partial charge in [-0.3, -0.25) is 4.31 Å². The molecule has 2 aromatic heterocycles. The van der Waals surface area contributed by atoms with Crippen molar-refractivity contribution in [3.63, 3.8) is 0 Å². The van der Waals surface area contributed by atoms with E-state index in [1.165, 1.54) is 10.6 Å². The van der Waals surface area contributed by atoms with Gasteiger partial charge in [-0.05, 0) is 24.3 Å². The molecule has 0 saturated carbocycles. The molecule has 5 nitrogen and oxygen atoms in total. The second-order valence-electron chi connectivity index (χ2n) is 4.78. The lowest BCUT2D eigenvalue weighted by atomic mass is 10.3. The zero-order chi connectivity index (χ0) is 14.9. The third-order valence-corrected chi connectivity index (χ3v) is 4.38. The van der Waals surface area contributed by atoms with E-state index in [-0.39, 0.29) is 6.54 Å². The number of hydrogen-bond acceptors (Lipinski definition) is 3. The highest BCUT2D eigenvalue weighted by atomic mass is 32.2. The Morgan fingerprint density at radius 2 is 1.81 bits per heavy atom. The molecule has 0 aliphatic heterocycles. The summed E-state index contributed by atoms with van der Waals surface area (Å²) in [6, 6.07) is 14.7. The van der Waals surface area contributed by atoms with Crippen molar-refractivity contribution in [3.8, 4) is 0 Å². The lowest BCUT2D eigenvalue weighted by Gasteiger charge is -2.22. The average molecular weight is 301 g/mol. The molecule has 0 saturated heterocycles. The Morgan fingerprint density at radius 1 is 1.10 bits per heavy atom. The van der Waals surface area contributed by atoms with Crippen molar-refractivity contribution in [3.05, 3.63) is 66.6 Å². The fraction of sp³-hybridized carbons (Fsp3) is 0.133. The van der Waals surface area contributed by atoms with Gasteiger partial charge in [0.15, 0.2) is 0 Å². The van der Waals surface area contributed by atoms with Crippen LogP contribution in [0.5, 0.6) is 0 Å². The van der Waals surface area contributed by atoms with Crippen LogP contribution in [-0.4, -0.2) is 24.1 Å². The summed E-state index contributed by atoms with van der Waals surface area (Å²) in [6.45, 7) is 0.244. The molecule has 0 bridgehead atoms. The first kappa shape index (κ1) is 13.6. The quantitative estimate of drug-likeness (QED) is 0.743. The molecule has 3 aromatic rings. The molecule has 2 heterocycles. The Bertz CT molecular complexity index is 857. The van der Waals surface area contributed by atoms with Gasteiger partial charge in [0.05, 0.1) is 30.4 Å². The predicted octanol–water partition coefficient (Wildman–Crippen LogP) is 2.30. The fourth-order valence-corrected chi connectivity index (χ4v) is 3.11. The molecule has 0 amide bonds. The molecule has 3 rings (SSSR count). The normalized spacial score (nSPS) is 11.7. The number of pyridine rings is 1. The topological polar surface area (TPSA) is 54.7 Å². The Labute approximate surface area is 123 Å². The van der Waals surface area contributed by atoms with Gasteiger partial charge >= 0.3 is 0 Å². The largest absolute Gasteiger partial charge is 0.302 e. The Morgan fingerprint density at radius 3 is 2.52 bits per heavy atom. The van der Waals surface area contributed by atoms with Crippen molar-refractivity contribution in [1.82, 2.24) is 9.38 Å². The summed E-state index contributed by atoms with van der Waals surface area (Å²) in [5.41, 5.74) is 2.26. The van der Waals surface area contributed by atoms with Crippen molar-refractivity contribution in [2.75, 3.05) is 10.6 Å². The van der Waals surface area contributed by atoms with Gasteiger partial charge in [0, 0.05) is 6.20 Å². The van der Waals surface area contributed by atoms with Crippen molar-refractivity contribution >= 4 is 21.4 Å². The Balaban J connectivity index is 2.03. The maximum absolute atomic E-state index is 12.1. The molecule has 0 aliphatic rings. The van der Waals surface area contributed by atoms with Crippen molar-refractivity contribution in [1.29, 1.82) is 0 Å². The monoisotopic (exact) mass is 301 g/mol. The Kier molecular flexibility index (Phi) is 3.39. The molecule has 0 spiro atoms. The molecule has 0 N–H and O–H groups in total. The molecule has 0 unspecified atom stereocenters. The number of sulfonamides is 1. The number of aromatic nitrogens is 2. The summed E-state index contributed by atoms with van der Waals surface area (Å²) in [5.74, 6) is 0. The number of imidazole rings is 1. The summed E-state index contributed by atoms with van der Waals surface area (Å²) < 4.78 is 27.4. The second kappa shape index (κ2) is 5.21. The van der Waals surface area contributed by atoms with Crippen LogP contribution in [0.3, 0.4) is 0 Å². The van der Waals surface area contributed by atoms with Crippen LogP contribution in [0, 0.1) is 0 Å². The zero-order valence-electron chi connectivity index (χ0n) is 11.5. The third-order valence-electron chi connectivity index (χ3n) is 3.24. The number of anilines is 1. The first-order valence-corrected chi connectivity index (χ1v) is 8.34. The van der Waals surface area contributed by atoms with Crippen LogP contribution in [0.2, 0.25) is 0 Å². The van der Waals surface area contributed by atoms with Crippen molar-refractivity contribution < 1.29 is 8.42 Å². The third kappa shape index (κ3) is 2.75. The van der Waals surface area contributed by atoms with Gasteiger partial charge in [-0.1, -0.05) is 24.3 Å². The number of benzene rings is 1. The molecule has 0 atom stereocenters. The van der Waals surface area contributed by atoms with Gasteiger partial charge < -0.3 is 4.40 Å². The van der Waals surface area contributed by atoms with Crippen LogP contribution in [0.1, 0.15) is 5.69 Å². The molecule has 0 aliphatic carbocycles. The van der Waals surface area contributed by atoms with E-state index in [2.05, 4.69) is 4.98 Å². The van der Waals surface area contributed by atoms with Crippen LogP contribution >= 0.6 is 0 Å². The first-order chi connectivity index (χ1) is 10.1. The van der Waals surface area contributed by atoms with Crippen molar-refractivity contribution in [2.45, 2.75) is 6.54 Å². The van der Waals surface area contributed by atoms with Gasteiger partial charge in [-0.2, -0.15) is 0 Å². The molecule has 21 heavy (non-hydrogen) atoms. The first-order valence-electron chi connectivity index (χ1n) is 6.49. The number of nitrogens with zero attached hydrogens (tertiary/aromatic N) is 3. The molecular formula is C15H15N3O2S. The SMILES string of the molecule is CS(=O)(=O)N(Cc1cnc2ccccn12)c1ccccc1. The van der Waals surface area contributed by atoms with Gasteiger partial charge in [-0.25, -0.2) is 13.4 Å². The highest BCUT2D eigenvalue weighted by Gasteiger charge is 2.19. The summed E-state index contributed by atoms with van der Waals surface area (Å²) in [6.07, 6.45) is 4.79. The standard InChI is InChI=1S/C15H15N3O2S/c1-21(19,20)18(13-7-3-2-4-8-13)12-14-11-16-15-9-5-6-10-17(14)15/h2-11H,12H2,1H3. The number of hydrogen-bond donors (Lipinski definition) is 0. The maximum atomic E-state index is 12.1. The highest BCUT2D eigenvalue weighted by molar-refractivity contribution is 7.92. The minimum Gasteiger partial charge on any atom is -0.302 e. The van der Waals surface area contributed by atoms with E-state index in [1.54, 1.807) is 18.3 Å². The van der Waals surface area contributed by atoms with E-state index in [9.17, 15) is 8.42 Å². The number of rotatable bonds is 4. The van der Waals surface area contributed by atoms with Crippen LogP contribution in [-0.2, 0) is 16.6 Å². The minimum absolute atomic E-state index is 0.244. The highest BCUT2D eigenvalue weighted by Crippen LogP contribution is 2.20. The summed E-state index contributed by atoms with van der Waals surface area (Å²) in [4.78, 5) is 4.29. The lowest BCUT2D eigenvalue weighted by Crippen LogP contribution is -2.29. The predicted molar refractivity (Wildman–Crippen MR) is 82.7 cm³/mol. The van der Waals surface area contributed by atoms with Gasteiger partial charge in [0.25, 0.3) is 0 Å². The van der Waals surface area contributed by atoms with Gasteiger partial charge in [-0.15, -0.1) is 0 Å². The number of para-hydroxylation sites is 1. The molecule has 108 valence electrons. The average Bonchev–Trinajstić information content (AvgIpc) is 2.88. The van der Waals surface area contributed by atoms with Crippen LogP contribution in [0.25, 0.3) is 5.65 Å². The minimum atomic E-state index is -3.37. The van der Waals surface area contributed by atoms with E-state index < -0.39 is 10.0 Å². The number of fused-ring (bicyclic) bond motifs is 1. The Hall–Kier alpha value is -2.34. The fourth-order valence-electron chi connectivity index (χ4n) is 2.24. The molecule has 0 radical (unpaired) electrons. The van der Waals surface area contributed by atoms with Crippen LogP contribution in [0.15, 0.2) is 60.9 Å². The zero-order valence-corrected chi connectivity index (χ0v) is 12.4. The smallest absolute Gasteiger partial charge is 0.232 e. The van der Waals surface area contributed by atoms with Crippen molar-refractivity contribution in [2.24, 2.45) is 0 Å². The van der Waals surface area contributed by atoms with Crippen LogP contribution < -0.4 is 4.31 Å². The molecule has 6 heteroatoms. The summed E-state index contributed by atoms with van der Waals surface area (Å²) >= 11 is 0. The van der Waals surface area contributed by atoms with Crippen LogP contribution in [0.4, 0.5) is 5.69 Å². The lowest BCUT2D eigenvalue weighted by molar-refractivity contribution is 0.595. The van der Waals surface area contributed by atoms with E-state index in [4.69, 9.17) is 0 Å². The van der Waals surface area contributed by atoms with E-state index in [0.29, 0.717) is 5.69 Å². The van der Waals surface area contributed by atoms with Gasteiger partial charge in [0.2, 0.25) is 10.0 Å². The molecule has 0 fully saturated rings. The molecular weight excluding hydrogens is 286 g/mol. The summed E-state index contributed by atoms with van der Waals surface area (Å²) in [7, 11) is -3.37. The summed E-state index contributed by atoms with van der Waals surface area (Å²) in [5, 5.41) is 0. The van der Waals surface area contributed by atoms with E-state index >= 15 is 0 Å². The van der Waals surface area contributed by atoms with Gasteiger partial charge in [0.1, 0.15) is 5.65 Å². The maximum Gasteiger partial charge on any atom is 0.232 e.